The second-order valence-electron chi connectivity index (χ2n) is 6.03. The maximum atomic E-state index is 5.94. The van der Waals surface area contributed by atoms with Crippen LogP contribution in [0.5, 0.6) is 0 Å². The largest absolute Gasteiger partial charge is 0.466 e. The zero-order valence-corrected chi connectivity index (χ0v) is 10.6. The Morgan fingerprint density at radius 1 is 1.53 bits per heavy atom. The van der Waals surface area contributed by atoms with Gasteiger partial charge in [0.25, 0.3) is 5.17 Å². The Hall–Kier alpha value is -0.245. The van der Waals surface area contributed by atoms with Gasteiger partial charge in [-0.25, -0.2) is 0 Å². The molecule has 0 N–H and O–H groups in total. The first kappa shape index (κ1) is 9.94. The van der Waals surface area contributed by atoms with E-state index in [1.807, 2.05) is 0 Å². The molecular formula is C11H18BNOS. The number of thiocarbonyl (C=S) groups is 1. The van der Waals surface area contributed by atoms with Gasteiger partial charge in [0.2, 0.25) is 0 Å². The first-order valence-electron chi connectivity index (χ1n) is 5.91. The van der Waals surface area contributed by atoms with Crippen LogP contribution in [0.4, 0.5) is 0 Å². The summed E-state index contributed by atoms with van der Waals surface area (Å²) >= 11 is 5.26. The molecule has 82 valence electrons. The molecule has 15 heavy (non-hydrogen) atoms. The fourth-order valence-corrected chi connectivity index (χ4v) is 4.03. The number of nitrogens with zero attached hydrogens (tertiary/aromatic N) is 1. The summed E-state index contributed by atoms with van der Waals surface area (Å²) in [5.74, 6) is 0. The molecule has 2 nitrogen and oxygen atoms in total. The number of hydrogen-bond acceptors (Lipinski definition) is 2. The van der Waals surface area contributed by atoms with Crippen LogP contribution in [-0.4, -0.2) is 36.5 Å². The molecule has 0 aromatic heterocycles. The highest BCUT2D eigenvalue weighted by molar-refractivity contribution is 7.80. The third-order valence-electron chi connectivity index (χ3n) is 5.23. The molecule has 2 heterocycles. The van der Waals surface area contributed by atoms with E-state index in [4.69, 9.17) is 17.0 Å². The van der Waals surface area contributed by atoms with Crippen LogP contribution in [0.1, 0.15) is 33.1 Å². The molecule has 4 heteroatoms. The summed E-state index contributed by atoms with van der Waals surface area (Å²) in [5.41, 5.74) is 0. The molecular weight excluding hydrogens is 205 g/mol. The molecule has 1 aliphatic carbocycles. The lowest BCUT2D eigenvalue weighted by Crippen LogP contribution is -2.35. The molecule has 0 aromatic rings. The Labute approximate surface area is 97.6 Å². The van der Waals surface area contributed by atoms with Crippen LogP contribution in [0.3, 0.4) is 0 Å². The Morgan fingerprint density at radius 2 is 2.27 bits per heavy atom. The van der Waals surface area contributed by atoms with E-state index < -0.39 is 0 Å². The van der Waals surface area contributed by atoms with Crippen LogP contribution in [0.2, 0.25) is 10.6 Å². The second kappa shape index (κ2) is 2.71. The molecule has 0 amide bonds. The van der Waals surface area contributed by atoms with Crippen molar-refractivity contribution in [1.29, 1.82) is 0 Å². The predicted octanol–water partition coefficient (Wildman–Crippen LogP) is 1.96. The molecule has 1 saturated carbocycles. The van der Waals surface area contributed by atoms with Gasteiger partial charge in [-0.05, 0) is 24.0 Å². The van der Waals surface area contributed by atoms with Crippen LogP contribution in [0.25, 0.3) is 0 Å². The highest BCUT2D eigenvalue weighted by Gasteiger charge is 2.70. The number of likely N-dealkylation sites (N-methyl/N-ethyl adjacent to an activating group) is 1. The Balaban J connectivity index is 1.95. The standard InChI is InChI=1S/C11H18BNOS/c1-10-6-4-5-7-8(11(10,2)12-10)14-9(15)13(7)3/h7-8,12H,4-6H2,1-3H3. The smallest absolute Gasteiger partial charge is 0.259 e. The lowest BCUT2D eigenvalue weighted by atomic mass is 9.79. The van der Waals surface area contributed by atoms with Crippen LogP contribution >= 0.6 is 12.2 Å². The highest BCUT2D eigenvalue weighted by Crippen LogP contribution is 2.75. The normalized spacial score (nSPS) is 52.5. The second-order valence-corrected chi connectivity index (χ2v) is 6.38. The minimum atomic E-state index is 0.350. The molecule has 4 atom stereocenters. The van der Waals surface area contributed by atoms with Crippen molar-refractivity contribution in [3.8, 4) is 0 Å². The zero-order chi connectivity index (χ0) is 10.8. The van der Waals surface area contributed by atoms with Crippen molar-refractivity contribution in [2.45, 2.75) is 55.9 Å². The first-order chi connectivity index (χ1) is 6.98. The monoisotopic (exact) mass is 223 g/mol. The fourth-order valence-electron chi connectivity index (χ4n) is 3.79. The van der Waals surface area contributed by atoms with Crippen molar-refractivity contribution >= 4 is 24.7 Å². The minimum Gasteiger partial charge on any atom is -0.466 e. The van der Waals surface area contributed by atoms with Gasteiger partial charge >= 0.3 is 0 Å². The van der Waals surface area contributed by atoms with E-state index in [0.717, 1.165) is 0 Å². The average molecular weight is 223 g/mol. The highest BCUT2D eigenvalue weighted by atomic mass is 32.1. The molecule has 0 radical (unpaired) electrons. The lowest BCUT2D eigenvalue weighted by Gasteiger charge is -2.27. The summed E-state index contributed by atoms with van der Waals surface area (Å²) in [7, 11) is 3.40. The Kier molecular flexibility index (Phi) is 1.79. The van der Waals surface area contributed by atoms with E-state index in [0.29, 0.717) is 27.9 Å². The zero-order valence-electron chi connectivity index (χ0n) is 9.75. The number of fused-ring (bicyclic) bond motifs is 3. The topological polar surface area (TPSA) is 12.5 Å². The van der Waals surface area contributed by atoms with Crippen LogP contribution < -0.4 is 0 Å². The quantitative estimate of drug-likeness (QED) is 0.460. The number of ether oxygens (including phenoxy) is 1. The van der Waals surface area contributed by atoms with Gasteiger partial charge in [-0.3, -0.25) is 0 Å². The lowest BCUT2D eigenvalue weighted by molar-refractivity contribution is 0.153. The van der Waals surface area contributed by atoms with Gasteiger partial charge in [-0.2, -0.15) is 0 Å². The van der Waals surface area contributed by atoms with E-state index in [2.05, 4.69) is 25.8 Å². The van der Waals surface area contributed by atoms with Gasteiger partial charge in [0.05, 0.1) is 6.04 Å². The minimum absolute atomic E-state index is 0.350. The third-order valence-corrected chi connectivity index (χ3v) is 5.61. The Morgan fingerprint density at radius 3 is 3.00 bits per heavy atom. The van der Waals surface area contributed by atoms with Gasteiger partial charge in [0.15, 0.2) is 0 Å². The van der Waals surface area contributed by atoms with E-state index in [9.17, 15) is 0 Å². The SMILES string of the molecule is CN1C(=S)OC2C1CCCC1(C)BC21C. The summed E-state index contributed by atoms with van der Waals surface area (Å²) in [6, 6.07) is 0.534. The third kappa shape index (κ3) is 1.09. The van der Waals surface area contributed by atoms with Crippen LogP contribution in [0.15, 0.2) is 0 Å². The molecule has 3 rings (SSSR count). The van der Waals surface area contributed by atoms with E-state index in [1.54, 1.807) is 0 Å². The molecule has 2 saturated heterocycles. The van der Waals surface area contributed by atoms with Gasteiger partial charge in [0.1, 0.15) is 13.4 Å². The van der Waals surface area contributed by atoms with E-state index >= 15 is 0 Å². The Bertz CT molecular complexity index is 337. The van der Waals surface area contributed by atoms with Crippen molar-refractivity contribution < 1.29 is 4.74 Å². The van der Waals surface area contributed by atoms with Crippen molar-refractivity contribution in [3.05, 3.63) is 0 Å². The molecule has 4 unspecified atom stereocenters. The first-order valence-corrected chi connectivity index (χ1v) is 6.32. The van der Waals surface area contributed by atoms with Crippen molar-refractivity contribution in [3.63, 3.8) is 0 Å². The number of hydrogen-bond donors (Lipinski definition) is 0. The van der Waals surface area contributed by atoms with Crippen molar-refractivity contribution in [2.24, 2.45) is 0 Å². The van der Waals surface area contributed by atoms with Crippen molar-refractivity contribution in [1.82, 2.24) is 4.90 Å². The molecule has 3 fully saturated rings. The predicted molar refractivity (Wildman–Crippen MR) is 66.8 cm³/mol. The van der Waals surface area contributed by atoms with Crippen molar-refractivity contribution in [2.75, 3.05) is 7.05 Å². The van der Waals surface area contributed by atoms with E-state index in [1.165, 1.54) is 26.5 Å². The van der Waals surface area contributed by atoms with Gasteiger partial charge in [-0.15, -0.1) is 0 Å². The number of rotatable bonds is 0. The molecule has 3 aliphatic rings. The van der Waals surface area contributed by atoms with Gasteiger partial charge < -0.3 is 9.64 Å². The van der Waals surface area contributed by atoms with Crippen LogP contribution in [-0.2, 0) is 4.74 Å². The summed E-state index contributed by atoms with van der Waals surface area (Å²) < 4.78 is 5.94. The molecule has 0 spiro atoms. The van der Waals surface area contributed by atoms with E-state index in [-0.39, 0.29) is 0 Å². The molecule has 2 aliphatic heterocycles. The maximum Gasteiger partial charge on any atom is 0.259 e. The molecule has 0 bridgehead atoms. The fraction of sp³-hybridized carbons (Fsp3) is 0.909. The summed E-state index contributed by atoms with van der Waals surface area (Å²) in [5, 5.41) is 1.61. The summed E-state index contributed by atoms with van der Waals surface area (Å²) in [6.07, 6.45) is 4.28. The average Bonchev–Trinajstić information content (AvgIpc) is 2.62. The van der Waals surface area contributed by atoms with Crippen LogP contribution in [0, 0.1) is 0 Å². The van der Waals surface area contributed by atoms with Gasteiger partial charge in [-0.1, -0.05) is 32.0 Å². The molecule has 0 aromatic carbocycles. The maximum absolute atomic E-state index is 5.94. The summed E-state index contributed by atoms with van der Waals surface area (Å²) in [6.45, 7) is 4.80. The summed E-state index contributed by atoms with van der Waals surface area (Å²) in [4.78, 5) is 2.18. The van der Waals surface area contributed by atoms with Gasteiger partial charge in [0, 0.05) is 7.05 Å².